The van der Waals surface area contributed by atoms with Crippen LogP contribution >= 0.6 is 11.3 Å². The van der Waals surface area contributed by atoms with Crippen LogP contribution in [-0.4, -0.2) is 26.0 Å². The van der Waals surface area contributed by atoms with Gasteiger partial charge in [-0.25, -0.2) is 0 Å². The molecule has 0 fully saturated rings. The fourth-order valence-electron chi connectivity index (χ4n) is 2.22. The first-order valence-electron chi connectivity index (χ1n) is 7.59. The molecular formula is C18H16N2O5S. The van der Waals surface area contributed by atoms with Gasteiger partial charge in [0.15, 0.2) is 17.3 Å². The number of anilines is 2. The molecule has 0 unspecified atom stereocenters. The molecule has 2 aromatic heterocycles. The standard InChI is InChI=1S/C18H16N2O5S/c1-23-12-6-5-11(10-14(12)24-2)19-18(22)15-7-8-16(26-15)20-17(21)13-4-3-9-25-13/h3-10H,1-2H3,(H,19,22)(H,20,21). The molecule has 3 aromatic rings. The molecule has 1 aromatic carbocycles. The van der Waals surface area contributed by atoms with Gasteiger partial charge in [0.05, 0.1) is 30.4 Å². The van der Waals surface area contributed by atoms with Crippen LogP contribution < -0.4 is 20.1 Å². The van der Waals surface area contributed by atoms with E-state index in [0.29, 0.717) is 27.1 Å². The van der Waals surface area contributed by atoms with Gasteiger partial charge in [-0.15, -0.1) is 11.3 Å². The van der Waals surface area contributed by atoms with E-state index in [-0.39, 0.29) is 17.6 Å². The van der Waals surface area contributed by atoms with Crippen molar-refractivity contribution in [3.63, 3.8) is 0 Å². The number of nitrogens with one attached hydrogen (secondary N) is 2. The van der Waals surface area contributed by atoms with Gasteiger partial charge in [-0.3, -0.25) is 9.59 Å². The van der Waals surface area contributed by atoms with Crippen LogP contribution in [0.3, 0.4) is 0 Å². The SMILES string of the molecule is COc1ccc(NC(=O)c2ccc(NC(=O)c3ccco3)s2)cc1OC. The lowest BCUT2D eigenvalue weighted by atomic mass is 10.2. The van der Waals surface area contributed by atoms with Gasteiger partial charge in [0.1, 0.15) is 0 Å². The van der Waals surface area contributed by atoms with Gasteiger partial charge in [0.25, 0.3) is 11.8 Å². The molecule has 8 heteroatoms. The molecule has 2 amide bonds. The Hall–Kier alpha value is -3.26. The monoisotopic (exact) mass is 372 g/mol. The highest BCUT2D eigenvalue weighted by atomic mass is 32.1. The highest BCUT2D eigenvalue weighted by Gasteiger charge is 2.14. The Balaban J connectivity index is 1.67. The molecular weight excluding hydrogens is 356 g/mol. The van der Waals surface area contributed by atoms with Crippen molar-refractivity contribution in [2.45, 2.75) is 0 Å². The maximum atomic E-state index is 12.4. The predicted molar refractivity (Wildman–Crippen MR) is 98.5 cm³/mol. The third kappa shape index (κ3) is 3.86. The quantitative estimate of drug-likeness (QED) is 0.686. The largest absolute Gasteiger partial charge is 0.493 e. The van der Waals surface area contributed by atoms with Crippen molar-refractivity contribution in [2.75, 3.05) is 24.9 Å². The van der Waals surface area contributed by atoms with E-state index in [4.69, 9.17) is 13.9 Å². The van der Waals surface area contributed by atoms with Crippen molar-refractivity contribution in [3.05, 3.63) is 59.4 Å². The first-order chi connectivity index (χ1) is 12.6. The number of thiophene rings is 1. The molecule has 3 rings (SSSR count). The molecule has 2 heterocycles. The van der Waals surface area contributed by atoms with Crippen molar-refractivity contribution in [3.8, 4) is 11.5 Å². The summed E-state index contributed by atoms with van der Waals surface area (Å²) in [6.45, 7) is 0. The van der Waals surface area contributed by atoms with Crippen molar-refractivity contribution in [1.82, 2.24) is 0 Å². The Labute approximate surface area is 153 Å². The second-order valence-electron chi connectivity index (χ2n) is 5.12. The smallest absolute Gasteiger partial charge is 0.291 e. The number of carbonyl (C=O) groups excluding carboxylic acids is 2. The fraction of sp³-hybridized carbons (Fsp3) is 0.111. The number of hydrogen-bond acceptors (Lipinski definition) is 6. The predicted octanol–water partition coefficient (Wildman–Crippen LogP) is 3.86. The summed E-state index contributed by atoms with van der Waals surface area (Å²) in [5, 5.41) is 6.01. The van der Waals surface area contributed by atoms with E-state index < -0.39 is 0 Å². The van der Waals surface area contributed by atoms with Gasteiger partial charge in [0.2, 0.25) is 0 Å². The Morgan fingerprint density at radius 1 is 0.962 bits per heavy atom. The molecule has 0 atom stereocenters. The Bertz CT molecular complexity index is 918. The van der Waals surface area contributed by atoms with Crippen molar-refractivity contribution < 1.29 is 23.5 Å². The van der Waals surface area contributed by atoms with Crippen LogP contribution in [0.2, 0.25) is 0 Å². The molecule has 0 aliphatic rings. The van der Waals surface area contributed by atoms with Crippen LogP contribution in [0, 0.1) is 0 Å². The third-order valence-electron chi connectivity index (χ3n) is 3.45. The average Bonchev–Trinajstić information content (AvgIpc) is 3.33. The summed E-state index contributed by atoms with van der Waals surface area (Å²) in [6, 6.07) is 11.6. The van der Waals surface area contributed by atoms with Crippen molar-refractivity contribution >= 4 is 33.8 Å². The zero-order valence-electron chi connectivity index (χ0n) is 14.1. The zero-order valence-corrected chi connectivity index (χ0v) is 14.9. The highest BCUT2D eigenvalue weighted by Crippen LogP contribution is 2.30. The number of ether oxygens (including phenoxy) is 2. The van der Waals surface area contributed by atoms with E-state index in [0.717, 1.165) is 11.3 Å². The number of carbonyl (C=O) groups is 2. The van der Waals surface area contributed by atoms with Crippen LogP contribution in [0.15, 0.2) is 53.1 Å². The fourth-order valence-corrected chi connectivity index (χ4v) is 3.01. The van der Waals surface area contributed by atoms with E-state index in [1.807, 2.05) is 0 Å². The number of amides is 2. The number of rotatable bonds is 6. The number of methoxy groups -OCH3 is 2. The highest BCUT2D eigenvalue weighted by molar-refractivity contribution is 7.18. The summed E-state index contributed by atoms with van der Waals surface area (Å²) in [4.78, 5) is 24.8. The lowest BCUT2D eigenvalue weighted by Crippen LogP contribution is -2.10. The van der Waals surface area contributed by atoms with E-state index in [1.54, 1.807) is 49.6 Å². The number of benzene rings is 1. The minimum absolute atomic E-state index is 0.203. The minimum atomic E-state index is -0.372. The van der Waals surface area contributed by atoms with Gasteiger partial charge in [-0.2, -0.15) is 0 Å². The molecule has 0 saturated heterocycles. The zero-order chi connectivity index (χ0) is 18.5. The van der Waals surface area contributed by atoms with Gasteiger partial charge in [-0.1, -0.05) is 0 Å². The average molecular weight is 372 g/mol. The van der Waals surface area contributed by atoms with E-state index in [9.17, 15) is 9.59 Å². The maximum Gasteiger partial charge on any atom is 0.291 e. The molecule has 0 bridgehead atoms. The van der Waals surface area contributed by atoms with Crippen LogP contribution in [0.1, 0.15) is 20.2 Å². The van der Waals surface area contributed by atoms with Crippen LogP contribution in [0.25, 0.3) is 0 Å². The molecule has 0 radical (unpaired) electrons. The molecule has 2 N–H and O–H groups in total. The van der Waals surface area contributed by atoms with E-state index in [2.05, 4.69) is 10.6 Å². The van der Waals surface area contributed by atoms with Crippen LogP contribution in [0.4, 0.5) is 10.7 Å². The summed E-state index contributed by atoms with van der Waals surface area (Å²) in [5.74, 6) is 0.631. The van der Waals surface area contributed by atoms with Gasteiger partial charge in [0, 0.05) is 11.8 Å². The first-order valence-corrected chi connectivity index (χ1v) is 8.40. The summed E-state index contributed by atoms with van der Waals surface area (Å²) < 4.78 is 15.4. The second kappa shape index (κ2) is 7.75. The summed E-state index contributed by atoms with van der Waals surface area (Å²) in [5.41, 5.74) is 0.572. The second-order valence-corrected chi connectivity index (χ2v) is 6.20. The first kappa shape index (κ1) is 17.6. The molecule has 0 spiro atoms. The Morgan fingerprint density at radius 3 is 2.46 bits per heavy atom. The van der Waals surface area contributed by atoms with Gasteiger partial charge in [-0.05, 0) is 36.4 Å². The summed E-state index contributed by atoms with van der Waals surface area (Å²) in [6.07, 6.45) is 1.42. The van der Waals surface area contributed by atoms with E-state index >= 15 is 0 Å². The number of furan rings is 1. The van der Waals surface area contributed by atoms with Gasteiger partial charge >= 0.3 is 0 Å². The van der Waals surface area contributed by atoms with E-state index in [1.165, 1.54) is 13.4 Å². The topological polar surface area (TPSA) is 89.8 Å². The number of hydrogen-bond donors (Lipinski definition) is 2. The van der Waals surface area contributed by atoms with Crippen LogP contribution in [0.5, 0.6) is 11.5 Å². The lowest BCUT2D eigenvalue weighted by Gasteiger charge is -2.10. The molecule has 134 valence electrons. The molecule has 26 heavy (non-hydrogen) atoms. The molecule has 0 saturated carbocycles. The summed E-state index contributed by atoms with van der Waals surface area (Å²) in [7, 11) is 3.07. The van der Waals surface area contributed by atoms with Crippen molar-refractivity contribution in [1.29, 1.82) is 0 Å². The lowest BCUT2D eigenvalue weighted by molar-refractivity contribution is 0.0995. The Morgan fingerprint density at radius 2 is 1.77 bits per heavy atom. The van der Waals surface area contributed by atoms with Crippen molar-refractivity contribution in [2.24, 2.45) is 0 Å². The maximum absolute atomic E-state index is 12.4. The molecule has 0 aliphatic carbocycles. The van der Waals surface area contributed by atoms with Crippen LogP contribution in [-0.2, 0) is 0 Å². The Kier molecular flexibility index (Phi) is 5.23. The molecule has 7 nitrogen and oxygen atoms in total. The normalized spacial score (nSPS) is 10.2. The van der Waals surface area contributed by atoms with Gasteiger partial charge < -0.3 is 24.5 Å². The molecule has 0 aliphatic heterocycles. The minimum Gasteiger partial charge on any atom is -0.493 e. The summed E-state index contributed by atoms with van der Waals surface area (Å²) >= 11 is 1.16. The third-order valence-corrected chi connectivity index (χ3v) is 4.45.